The third-order valence-electron chi connectivity index (χ3n) is 3.69. The minimum Gasteiger partial charge on any atom is -0.374 e. The monoisotopic (exact) mass is 254 g/mol. The molecule has 0 bridgehead atoms. The molecule has 1 heterocycles. The number of rotatable bonds is 5. The van der Waals surface area contributed by atoms with Gasteiger partial charge in [0, 0.05) is 30.6 Å². The van der Waals surface area contributed by atoms with Crippen LogP contribution >= 0.6 is 11.3 Å². The molecule has 0 aliphatic heterocycles. The first-order chi connectivity index (χ1) is 8.27. The minimum atomic E-state index is -0.0985. The van der Waals surface area contributed by atoms with Crippen molar-refractivity contribution in [3.8, 4) is 0 Å². The summed E-state index contributed by atoms with van der Waals surface area (Å²) in [5.41, 5.74) is 6.30. The molecule has 0 spiro atoms. The highest BCUT2D eigenvalue weighted by Crippen LogP contribution is 2.35. The first-order valence-corrected chi connectivity index (χ1v) is 7.43. The molecule has 1 fully saturated rings. The predicted octanol–water partition coefficient (Wildman–Crippen LogP) is 2.75. The van der Waals surface area contributed by atoms with Crippen molar-refractivity contribution in [2.75, 3.05) is 6.61 Å². The molecule has 1 aromatic heterocycles. The smallest absolute Gasteiger partial charge is 0.0941 e. The van der Waals surface area contributed by atoms with Crippen molar-refractivity contribution in [3.63, 3.8) is 0 Å². The molecule has 0 aromatic carbocycles. The van der Waals surface area contributed by atoms with Crippen molar-refractivity contribution >= 4 is 11.3 Å². The van der Waals surface area contributed by atoms with Crippen molar-refractivity contribution in [2.45, 2.75) is 57.1 Å². The van der Waals surface area contributed by atoms with Gasteiger partial charge in [-0.1, -0.05) is 19.3 Å². The average molecular weight is 254 g/mol. The Hall–Kier alpha value is -0.450. The molecule has 1 aliphatic rings. The van der Waals surface area contributed by atoms with Gasteiger partial charge in [-0.05, 0) is 19.8 Å². The van der Waals surface area contributed by atoms with E-state index in [4.69, 9.17) is 10.5 Å². The van der Waals surface area contributed by atoms with Crippen molar-refractivity contribution in [3.05, 3.63) is 16.6 Å². The minimum absolute atomic E-state index is 0.0777. The average Bonchev–Trinajstić information content (AvgIpc) is 2.83. The van der Waals surface area contributed by atoms with E-state index in [1.54, 1.807) is 11.3 Å². The van der Waals surface area contributed by atoms with Gasteiger partial charge in [-0.2, -0.15) is 0 Å². The first-order valence-electron chi connectivity index (χ1n) is 6.55. The Balaban J connectivity index is 2.03. The number of ether oxygens (including phenoxy) is 1. The van der Waals surface area contributed by atoms with Gasteiger partial charge in [0.1, 0.15) is 0 Å². The van der Waals surface area contributed by atoms with Crippen LogP contribution in [-0.4, -0.2) is 23.2 Å². The summed E-state index contributed by atoms with van der Waals surface area (Å²) in [6.07, 6.45) is 8.70. The molecule has 1 atom stereocenters. The Labute approximate surface area is 107 Å². The molecule has 0 radical (unpaired) electrons. The van der Waals surface area contributed by atoms with Crippen LogP contribution in [0, 0.1) is 0 Å². The Bertz CT molecular complexity index is 315. The van der Waals surface area contributed by atoms with Crippen LogP contribution in [-0.2, 0) is 11.2 Å². The molecule has 1 aliphatic carbocycles. The maximum absolute atomic E-state index is 6.40. The summed E-state index contributed by atoms with van der Waals surface area (Å²) in [7, 11) is 0. The molecule has 0 saturated heterocycles. The van der Waals surface area contributed by atoms with Crippen LogP contribution in [0.2, 0.25) is 0 Å². The van der Waals surface area contributed by atoms with Crippen molar-refractivity contribution < 1.29 is 4.74 Å². The van der Waals surface area contributed by atoms with Gasteiger partial charge in [-0.3, -0.25) is 0 Å². The molecular formula is C13H22N2OS. The van der Waals surface area contributed by atoms with E-state index >= 15 is 0 Å². The van der Waals surface area contributed by atoms with Crippen LogP contribution in [0.5, 0.6) is 0 Å². The van der Waals surface area contributed by atoms with Crippen LogP contribution in [0.25, 0.3) is 0 Å². The maximum atomic E-state index is 6.40. The Morgan fingerprint density at radius 2 is 2.24 bits per heavy atom. The number of nitrogens with two attached hydrogens (primary N) is 1. The van der Waals surface area contributed by atoms with Gasteiger partial charge in [0.25, 0.3) is 0 Å². The van der Waals surface area contributed by atoms with E-state index in [1.807, 2.05) is 11.6 Å². The summed E-state index contributed by atoms with van der Waals surface area (Å²) in [4.78, 5) is 4.33. The number of aromatic nitrogens is 1. The van der Waals surface area contributed by atoms with E-state index in [1.165, 1.54) is 19.3 Å². The van der Waals surface area contributed by atoms with Crippen LogP contribution in [0.3, 0.4) is 0 Å². The molecule has 1 aromatic rings. The lowest BCUT2D eigenvalue weighted by atomic mass is 9.78. The predicted molar refractivity (Wildman–Crippen MR) is 71.2 cm³/mol. The van der Waals surface area contributed by atoms with Crippen molar-refractivity contribution in [1.29, 1.82) is 0 Å². The van der Waals surface area contributed by atoms with Gasteiger partial charge >= 0.3 is 0 Å². The number of nitrogens with zero attached hydrogens (tertiary/aromatic N) is 1. The summed E-state index contributed by atoms with van der Waals surface area (Å²) in [6.45, 7) is 2.82. The van der Waals surface area contributed by atoms with E-state index in [2.05, 4.69) is 11.9 Å². The summed E-state index contributed by atoms with van der Waals surface area (Å²) < 4.78 is 6.03. The van der Waals surface area contributed by atoms with Gasteiger partial charge in [0.2, 0.25) is 0 Å². The highest BCUT2D eigenvalue weighted by Gasteiger charge is 2.38. The second-order valence-corrected chi connectivity index (χ2v) is 5.77. The molecule has 3 nitrogen and oxygen atoms in total. The number of hydrogen-bond acceptors (Lipinski definition) is 4. The molecule has 2 N–H and O–H groups in total. The van der Waals surface area contributed by atoms with Gasteiger partial charge in [-0.25, -0.2) is 4.98 Å². The highest BCUT2D eigenvalue weighted by molar-refractivity contribution is 7.09. The largest absolute Gasteiger partial charge is 0.374 e. The number of thiazole rings is 1. The van der Waals surface area contributed by atoms with Crippen LogP contribution in [0.15, 0.2) is 11.6 Å². The van der Waals surface area contributed by atoms with E-state index in [9.17, 15) is 0 Å². The molecule has 1 saturated carbocycles. The molecule has 4 heteroatoms. The lowest BCUT2D eigenvalue weighted by Crippen LogP contribution is -2.52. The maximum Gasteiger partial charge on any atom is 0.0941 e. The molecular weight excluding hydrogens is 232 g/mol. The third-order valence-corrected chi connectivity index (χ3v) is 4.49. The van der Waals surface area contributed by atoms with Crippen molar-refractivity contribution in [2.24, 2.45) is 5.73 Å². The number of hydrogen-bond donors (Lipinski definition) is 1. The lowest BCUT2D eigenvalue weighted by molar-refractivity contribution is -0.0817. The van der Waals surface area contributed by atoms with E-state index in [-0.39, 0.29) is 11.6 Å². The van der Waals surface area contributed by atoms with Gasteiger partial charge < -0.3 is 10.5 Å². The topological polar surface area (TPSA) is 48.1 Å². The Morgan fingerprint density at radius 3 is 2.82 bits per heavy atom. The quantitative estimate of drug-likeness (QED) is 0.879. The van der Waals surface area contributed by atoms with Crippen molar-refractivity contribution in [1.82, 2.24) is 4.98 Å². The first kappa shape index (κ1) is 13.0. The van der Waals surface area contributed by atoms with Crippen LogP contribution < -0.4 is 5.73 Å². The summed E-state index contributed by atoms with van der Waals surface area (Å²) in [6, 6.07) is 0.0777. The molecule has 96 valence electrons. The highest BCUT2D eigenvalue weighted by atomic mass is 32.1. The van der Waals surface area contributed by atoms with E-state index in [0.29, 0.717) is 0 Å². The zero-order valence-corrected chi connectivity index (χ0v) is 11.3. The SMILES string of the molecule is CCOC1(C(N)Cc2nccs2)CCCCC1. The Kier molecular flexibility index (Phi) is 4.54. The molecule has 0 amide bonds. The molecule has 2 rings (SSSR count). The van der Waals surface area contributed by atoms with E-state index < -0.39 is 0 Å². The van der Waals surface area contributed by atoms with Gasteiger partial charge in [-0.15, -0.1) is 11.3 Å². The van der Waals surface area contributed by atoms with Crippen LogP contribution in [0.4, 0.5) is 0 Å². The third kappa shape index (κ3) is 3.06. The fraction of sp³-hybridized carbons (Fsp3) is 0.769. The molecule has 17 heavy (non-hydrogen) atoms. The summed E-state index contributed by atoms with van der Waals surface area (Å²) in [5, 5.41) is 3.14. The zero-order chi connectivity index (χ0) is 12.1. The standard InChI is InChI=1S/C13H22N2OS/c1-2-16-13(6-4-3-5-7-13)11(14)10-12-15-8-9-17-12/h8-9,11H,2-7,10,14H2,1H3. The van der Waals surface area contributed by atoms with Crippen LogP contribution in [0.1, 0.15) is 44.0 Å². The van der Waals surface area contributed by atoms with E-state index in [0.717, 1.165) is 30.9 Å². The zero-order valence-electron chi connectivity index (χ0n) is 10.5. The second kappa shape index (κ2) is 5.94. The lowest BCUT2D eigenvalue weighted by Gasteiger charge is -2.41. The summed E-state index contributed by atoms with van der Waals surface area (Å²) in [5.74, 6) is 0. The van der Waals surface area contributed by atoms with Gasteiger partial charge in [0.15, 0.2) is 0 Å². The second-order valence-electron chi connectivity index (χ2n) is 4.79. The Morgan fingerprint density at radius 1 is 1.47 bits per heavy atom. The fourth-order valence-electron chi connectivity index (χ4n) is 2.79. The fourth-order valence-corrected chi connectivity index (χ4v) is 3.46. The summed E-state index contributed by atoms with van der Waals surface area (Å²) >= 11 is 1.69. The van der Waals surface area contributed by atoms with Gasteiger partial charge in [0.05, 0.1) is 10.6 Å². The normalized spacial score (nSPS) is 21.3. The molecule has 1 unspecified atom stereocenters.